The van der Waals surface area contributed by atoms with E-state index in [-0.39, 0.29) is 49.5 Å². The number of aromatic amines is 1. The zero-order chi connectivity index (χ0) is 53.8. The topological polar surface area (TPSA) is 355 Å². The Kier molecular flexibility index (Phi) is 23.5. The van der Waals surface area contributed by atoms with Crippen LogP contribution in [0.1, 0.15) is 56.7 Å². The Hall–Kier alpha value is -6.66. The minimum absolute atomic E-state index is 0.0442. The van der Waals surface area contributed by atoms with Crippen LogP contribution in [0.4, 0.5) is 0 Å². The molecule has 396 valence electrons. The minimum Gasteiger partial charge on any atom is -0.508 e. The molecule has 23 heteroatoms. The van der Waals surface area contributed by atoms with Gasteiger partial charge in [0.05, 0.1) is 12.1 Å². The number of hydrogen-bond acceptors (Lipinski definition) is 14. The van der Waals surface area contributed by atoms with E-state index in [9.17, 15) is 48.6 Å². The predicted octanol–water partition coefficient (Wildman–Crippen LogP) is -0.867. The molecule has 1 aromatic heterocycles. The Bertz CT molecular complexity index is 2500. The van der Waals surface area contributed by atoms with Crippen LogP contribution in [0.25, 0.3) is 10.9 Å². The third-order valence-corrected chi connectivity index (χ3v) is 12.7. The van der Waals surface area contributed by atoms with Crippen molar-refractivity contribution in [3.05, 3.63) is 102 Å². The van der Waals surface area contributed by atoms with Gasteiger partial charge in [0.2, 0.25) is 47.3 Å². The summed E-state index contributed by atoms with van der Waals surface area (Å²) in [4.78, 5) is 113. The molecule has 0 spiro atoms. The lowest BCUT2D eigenvalue weighted by atomic mass is 10.00. The zero-order valence-corrected chi connectivity index (χ0v) is 42.8. The quantitative estimate of drug-likeness (QED) is 0.0233. The molecule has 3 aromatic carbocycles. The molecule has 21 nitrogen and oxygen atoms in total. The average Bonchev–Trinajstić information content (AvgIpc) is 3.77. The van der Waals surface area contributed by atoms with Crippen molar-refractivity contribution in [1.82, 2.24) is 42.2 Å². The maximum Gasteiger partial charge on any atom is 0.244 e. The van der Waals surface area contributed by atoms with Gasteiger partial charge in [-0.3, -0.25) is 38.4 Å². The largest absolute Gasteiger partial charge is 0.508 e. The number of rotatable bonds is 29. The van der Waals surface area contributed by atoms with E-state index in [0.29, 0.717) is 24.0 Å². The molecule has 0 aliphatic heterocycles. The van der Waals surface area contributed by atoms with Crippen molar-refractivity contribution < 1.29 is 48.6 Å². The van der Waals surface area contributed by atoms with Crippen LogP contribution in [0.3, 0.4) is 0 Å². The summed E-state index contributed by atoms with van der Waals surface area (Å²) >= 11 is 8.49. The normalized spacial score (nSPS) is 15.0. The fourth-order valence-electron chi connectivity index (χ4n) is 7.75. The molecule has 4 rings (SSSR count). The number of aliphatic hydroxyl groups is 1. The Morgan fingerprint density at radius 2 is 1.07 bits per heavy atom. The van der Waals surface area contributed by atoms with E-state index in [1.54, 1.807) is 38.2 Å². The van der Waals surface area contributed by atoms with Crippen LogP contribution in [-0.2, 0) is 57.6 Å². The van der Waals surface area contributed by atoms with Crippen LogP contribution in [-0.4, -0.2) is 135 Å². The van der Waals surface area contributed by atoms with Crippen molar-refractivity contribution in [2.75, 3.05) is 18.1 Å². The van der Waals surface area contributed by atoms with Crippen LogP contribution < -0.4 is 54.4 Å². The highest BCUT2D eigenvalue weighted by molar-refractivity contribution is 7.80. The number of benzene rings is 3. The second-order valence-corrected chi connectivity index (χ2v) is 18.8. The number of fused-ring (bicyclic) bond motifs is 1. The molecule has 16 N–H and O–H groups in total. The molecule has 0 aliphatic rings. The Morgan fingerprint density at radius 1 is 0.575 bits per heavy atom. The summed E-state index contributed by atoms with van der Waals surface area (Å²) in [6, 6.07) is 11.9. The number of amides is 8. The second kappa shape index (κ2) is 29.1. The first-order valence-electron chi connectivity index (χ1n) is 23.9. The molecular formula is C50H69N11O10S2. The van der Waals surface area contributed by atoms with E-state index in [1.165, 1.54) is 19.1 Å². The highest BCUT2D eigenvalue weighted by atomic mass is 32.1. The number of thiol groups is 2. The number of carbonyl (C=O) groups is 8. The van der Waals surface area contributed by atoms with Crippen molar-refractivity contribution >= 4 is 83.4 Å². The summed E-state index contributed by atoms with van der Waals surface area (Å²) in [5.41, 5.74) is 20.0. The number of primary amides is 1. The van der Waals surface area contributed by atoms with Gasteiger partial charge in [-0.25, -0.2) is 0 Å². The van der Waals surface area contributed by atoms with Gasteiger partial charge in [0.25, 0.3) is 0 Å². The highest BCUT2D eigenvalue weighted by Gasteiger charge is 2.35. The first-order valence-corrected chi connectivity index (χ1v) is 25.2. The van der Waals surface area contributed by atoms with Gasteiger partial charge in [0.1, 0.15) is 48.0 Å². The molecule has 0 aliphatic carbocycles. The molecule has 0 fully saturated rings. The Labute approximate surface area is 434 Å². The highest BCUT2D eigenvalue weighted by Crippen LogP contribution is 2.20. The van der Waals surface area contributed by atoms with Crippen LogP contribution >= 0.6 is 25.3 Å². The number of hydrogen-bond donors (Lipinski definition) is 15. The zero-order valence-electron chi connectivity index (χ0n) is 41.0. The monoisotopic (exact) mass is 1050 g/mol. The molecule has 0 saturated heterocycles. The smallest absolute Gasteiger partial charge is 0.244 e. The first-order chi connectivity index (χ1) is 34.8. The van der Waals surface area contributed by atoms with Gasteiger partial charge < -0.3 is 69.6 Å². The summed E-state index contributed by atoms with van der Waals surface area (Å²) < 4.78 is 0. The van der Waals surface area contributed by atoms with Crippen LogP contribution in [0.2, 0.25) is 0 Å². The van der Waals surface area contributed by atoms with Gasteiger partial charge in [-0.2, -0.15) is 25.3 Å². The molecule has 8 amide bonds. The van der Waals surface area contributed by atoms with Gasteiger partial charge in [0, 0.05) is 41.4 Å². The van der Waals surface area contributed by atoms with Crippen molar-refractivity contribution in [3.8, 4) is 5.75 Å². The van der Waals surface area contributed by atoms with Gasteiger partial charge in [-0.15, -0.1) is 0 Å². The van der Waals surface area contributed by atoms with E-state index in [1.807, 2.05) is 48.5 Å². The molecule has 0 radical (unpaired) electrons. The second-order valence-electron chi connectivity index (χ2n) is 18.0. The number of aromatic nitrogens is 1. The number of carbonyl (C=O) groups excluding carboxylic acids is 8. The first kappa shape index (κ1) is 58.9. The van der Waals surface area contributed by atoms with E-state index >= 15 is 0 Å². The maximum atomic E-state index is 14.7. The molecule has 4 aromatic rings. The van der Waals surface area contributed by atoms with Gasteiger partial charge in [0.15, 0.2) is 0 Å². The molecule has 73 heavy (non-hydrogen) atoms. The number of para-hydroxylation sites is 1. The average molecular weight is 1050 g/mol. The maximum absolute atomic E-state index is 14.7. The fourth-order valence-corrected chi connectivity index (χ4v) is 8.26. The predicted molar refractivity (Wildman–Crippen MR) is 282 cm³/mol. The van der Waals surface area contributed by atoms with Crippen LogP contribution in [0.15, 0.2) is 85.1 Å². The van der Waals surface area contributed by atoms with Gasteiger partial charge >= 0.3 is 0 Å². The Balaban J connectivity index is 1.62. The fraction of sp³-hybridized carbons (Fsp3) is 0.440. The summed E-state index contributed by atoms with van der Waals surface area (Å²) in [7, 11) is 0. The molecule has 1 heterocycles. The van der Waals surface area contributed by atoms with E-state index in [0.717, 1.165) is 16.5 Å². The minimum atomic E-state index is -1.46. The van der Waals surface area contributed by atoms with Crippen molar-refractivity contribution in [1.29, 1.82) is 0 Å². The number of aromatic hydroxyl groups is 1. The third kappa shape index (κ3) is 18.1. The molecule has 0 saturated carbocycles. The summed E-state index contributed by atoms with van der Waals surface area (Å²) in [6.07, 6.45) is 1.16. The van der Waals surface area contributed by atoms with Crippen molar-refractivity contribution in [2.45, 2.75) is 114 Å². The molecule has 0 bridgehead atoms. The number of phenols is 1. The lowest BCUT2D eigenvalue weighted by Crippen LogP contribution is -2.62. The molecule has 9 atom stereocenters. The summed E-state index contributed by atoms with van der Waals surface area (Å²) in [5.74, 6) is -7.48. The van der Waals surface area contributed by atoms with Crippen LogP contribution in [0.5, 0.6) is 5.75 Å². The number of phenolic OH excluding ortho intramolecular Hbond substituents is 1. The third-order valence-electron chi connectivity index (χ3n) is 11.9. The van der Waals surface area contributed by atoms with Crippen LogP contribution in [0, 0.1) is 5.92 Å². The number of aliphatic hydroxyl groups excluding tert-OH is 1. The lowest BCUT2D eigenvalue weighted by Gasteiger charge is -2.29. The van der Waals surface area contributed by atoms with Crippen molar-refractivity contribution in [2.24, 2.45) is 23.1 Å². The molecule has 0 unspecified atom stereocenters. The number of unbranched alkanes of at least 4 members (excludes halogenated alkanes) is 1. The molecular weight excluding hydrogens is 979 g/mol. The van der Waals surface area contributed by atoms with E-state index in [2.05, 4.69) is 67.5 Å². The van der Waals surface area contributed by atoms with E-state index < -0.39 is 108 Å². The Morgan fingerprint density at radius 3 is 1.64 bits per heavy atom. The van der Waals surface area contributed by atoms with Gasteiger partial charge in [-0.1, -0.05) is 74.5 Å². The number of nitrogens with one attached hydrogen (secondary N) is 8. The number of nitrogens with two attached hydrogens (primary N) is 3. The SMILES string of the molecule is CC(C)[C@H](NC(=O)[C@H](CCCCN)NC(=O)[C@@H](Cc1c[nH]c2ccccc12)NC(=O)[C@H](Cc1ccc(O)cc1)NC(=O)[C@H](CS)NC(=O)[C@@H](N)Cc1ccccc1)C(=O)N[C@@H](CS)C(=O)N[C@H](C(N)=O)[C@@H](C)O. The van der Waals surface area contributed by atoms with Crippen molar-refractivity contribution in [3.63, 3.8) is 0 Å². The summed E-state index contributed by atoms with van der Waals surface area (Å²) in [5, 5.41) is 39.1. The number of H-pyrrole nitrogens is 1. The standard InChI is InChI=1S/C50H69N11O10S2/c1-27(2)41(50(71)59-40(26-73)49(70)61-42(28(3)62)43(53)64)60-45(66)36(15-9-10-20-51)55-47(68)38(23-31-24-54-35-14-8-7-13-33(31)35)57-46(67)37(22-30-16-18-32(63)19-17-30)56-48(69)39(25-72)58-44(65)34(52)21-29-11-5-4-6-12-29/h4-8,11-14,16-19,24,27-28,34,36-42,54,62-63,72-73H,9-10,15,20-23,25-26,51-52H2,1-3H3,(H2,53,64)(H,55,68)(H,56,69)(H,57,67)(H,58,65)(H,59,71)(H,60,66)(H,61,70)/t28-,34+,36+,37+,38-,39+,40+,41+,42+/m1/s1. The summed E-state index contributed by atoms with van der Waals surface area (Å²) in [6.45, 7) is 4.81. The van der Waals surface area contributed by atoms with E-state index in [4.69, 9.17) is 17.2 Å². The lowest BCUT2D eigenvalue weighted by molar-refractivity contribution is -0.136. The van der Waals surface area contributed by atoms with Gasteiger partial charge in [-0.05, 0) is 80.0 Å².